The molecule has 1 atom stereocenters. The summed E-state index contributed by atoms with van der Waals surface area (Å²) in [4.78, 5) is 13.5. The van der Waals surface area contributed by atoms with Crippen LogP contribution in [0.15, 0.2) is 18.2 Å². The highest BCUT2D eigenvalue weighted by Gasteiger charge is 2.17. The Morgan fingerprint density at radius 2 is 2.20 bits per heavy atom. The maximum atomic E-state index is 13.3. The number of amides is 1. The van der Waals surface area contributed by atoms with Gasteiger partial charge in [0.15, 0.2) is 0 Å². The summed E-state index contributed by atoms with van der Waals surface area (Å²) < 4.78 is 13.3. The lowest BCUT2D eigenvalue weighted by molar-refractivity contribution is -0.131. The second-order valence-electron chi connectivity index (χ2n) is 4.33. The summed E-state index contributed by atoms with van der Waals surface area (Å²) in [6.45, 7) is 0.319. The Morgan fingerprint density at radius 3 is 2.75 bits per heavy atom. The van der Waals surface area contributed by atoms with Crippen LogP contribution < -0.4 is 5.73 Å². The number of rotatable bonds is 6. The van der Waals surface area contributed by atoms with Crippen LogP contribution in [0.2, 0.25) is 5.02 Å². The number of nitrogens with zero attached hydrogens (tertiary/aromatic N) is 1. The molecule has 0 spiro atoms. The van der Waals surface area contributed by atoms with E-state index in [4.69, 9.17) is 17.3 Å². The van der Waals surface area contributed by atoms with Crippen LogP contribution in [0.1, 0.15) is 12.0 Å². The highest BCUT2D eigenvalue weighted by molar-refractivity contribution is 7.98. The molecule has 0 radical (unpaired) electrons. The number of hydrogen-bond donors (Lipinski definition) is 1. The first-order valence-corrected chi connectivity index (χ1v) is 7.66. The molecule has 0 saturated heterocycles. The summed E-state index contributed by atoms with van der Waals surface area (Å²) in [5.41, 5.74) is 6.50. The highest BCUT2D eigenvalue weighted by atomic mass is 35.5. The van der Waals surface area contributed by atoms with Crippen LogP contribution in [-0.4, -0.2) is 35.9 Å². The lowest BCUT2D eigenvalue weighted by Crippen LogP contribution is -2.41. The number of benzene rings is 1. The van der Waals surface area contributed by atoms with E-state index in [1.807, 2.05) is 6.26 Å². The number of halogens is 3. The van der Waals surface area contributed by atoms with E-state index >= 15 is 0 Å². The van der Waals surface area contributed by atoms with E-state index in [1.165, 1.54) is 17.0 Å². The summed E-state index contributed by atoms with van der Waals surface area (Å²) >= 11 is 7.26. The largest absolute Gasteiger partial charge is 0.340 e. The molecule has 0 aliphatic carbocycles. The fourth-order valence-corrected chi connectivity index (χ4v) is 2.25. The van der Waals surface area contributed by atoms with E-state index in [-0.39, 0.29) is 23.3 Å². The third-order valence-corrected chi connectivity index (χ3v) is 3.68. The van der Waals surface area contributed by atoms with Gasteiger partial charge in [-0.3, -0.25) is 4.79 Å². The van der Waals surface area contributed by atoms with Gasteiger partial charge in [-0.05, 0) is 36.1 Å². The number of carbonyl (C=O) groups is 1. The van der Waals surface area contributed by atoms with Gasteiger partial charge < -0.3 is 10.6 Å². The van der Waals surface area contributed by atoms with Gasteiger partial charge in [0.25, 0.3) is 0 Å². The first-order chi connectivity index (χ1) is 8.95. The summed E-state index contributed by atoms with van der Waals surface area (Å²) in [7, 11) is 1.66. The van der Waals surface area contributed by atoms with Crippen molar-refractivity contribution >= 4 is 41.7 Å². The molecule has 1 aromatic carbocycles. The maximum Gasteiger partial charge on any atom is 0.239 e. The normalized spacial score (nSPS) is 11.7. The van der Waals surface area contributed by atoms with Crippen molar-refractivity contribution in [2.75, 3.05) is 19.1 Å². The SMILES string of the molecule is CSCCC(N)C(=O)N(C)Cc1ccc(Cl)c(F)c1.Cl. The molecule has 1 amide bonds. The van der Waals surface area contributed by atoms with E-state index in [9.17, 15) is 9.18 Å². The number of thioether (sulfide) groups is 1. The number of nitrogens with two attached hydrogens (primary N) is 1. The fourth-order valence-electron chi connectivity index (χ4n) is 1.64. The molecule has 114 valence electrons. The predicted molar refractivity (Wildman–Crippen MR) is 86.1 cm³/mol. The lowest BCUT2D eigenvalue weighted by Gasteiger charge is -2.21. The van der Waals surface area contributed by atoms with Crippen LogP contribution in [0.5, 0.6) is 0 Å². The van der Waals surface area contributed by atoms with E-state index in [0.29, 0.717) is 18.5 Å². The monoisotopic (exact) mass is 340 g/mol. The molecule has 0 aromatic heterocycles. The van der Waals surface area contributed by atoms with Gasteiger partial charge in [0.05, 0.1) is 11.1 Å². The molecule has 0 saturated carbocycles. The quantitative estimate of drug-likeness (QED) is 0.865. The van der Waals surface area contributed by atoms with Crippen LogP contribution in [0.3, 0.4) is 0 Å². The number of hydrogen-bond acceptors (Lipinski definition) is 3. The van der Waals surface area contributed by atoms with Crippen LogP contribution in [0.25, 0.3) is 0 Å². The van der Waals surface area contributed by atoms with E-state index in [0.717, 1.165) is 5.75 Å². The zero-order valence-corrected chi connectivity index (χ0v) is 13.8. The molecular weight excluding hydrogens is 322 g/mol. The van der Waals surface area contributed by atoms with Crippen molar-refractivity contribution in [2.45, 2.75) is 19.0 Å². The van der Waals surface area contributed by atoms with Gasteiger partial charge in [0.2, 0.25) is 5.91 Å². The Labute approximate surface area is 134 Å². The number of likely N-dealkylation sites (N-methyl/N-ethyl adjacent to an activating group) is 1. The smallest absolute Gasteiger partial charge is 0.239 e. The first kappa shape index (κ1) is 19.5. The molecule has 0 fully saturated rings. The standard InChI is InChI=1S/C13H18ClFN2OS.ClH/c1-17(13(18)12(16)5-6-19-2)8-9-3-4-10(14)11(15)7-9;/h3-4,7,12H,5-6,8,16H2,1-2H3;1H. The minimum atomic E-state index is -0.505. The van der Waals surface area contributed by atoms with Crippen LogP contribution in [0.4, 0.5) is 4.39 Å². The summed E-state index contributed by atoms with van der Waals surface area (Å²) in [6.07, 6.45) is 2.61. The van der Waals surface area contributed by atoms with Crippen molar-refractivity contribution in [2.24, 2.45) is 5.73 Å². The molecule has 0 aliphatic rings. The van der Waals surface area contributed by atoms with Gasteiger partial charge in [-0.1, -0.05) is 17.7 Å². The minimum absolute atomic E-state index is 0. The minimum Gasteiger partial charge on any atom is -0.340 e. The van der Waals surface area contributed by atoms with E-state index < -0.39 is 11.9 Å². The van der Waals surface area contributed by atoms with Crippen molar-refractivity contribution < 1.29 is 9.18 Å². The molecule has 1 aromatic rings. The van der Waals surface area contributed by atoms with Gasteiger partial charge in [-0.25, -0.2) is 4.39 Å². The molecule has 7 heteroatoms. The van der Waals surface area contributed by atoms with Crippen LogP contribution >= 0.6 is 35.8 Å². The van der Waals surface area contributed by atoms with Gasteiger partial charge in [-0.2, -0.15) is 11.8 Å². The molecule has 0 bridgehead atoms. The molecular formula is C13H19Cl2FN2OS. The average Bonchev–Trinajstić information content (AvgIpc) is 2.39. The molecule has 1 unspecified atom stereocenters. The molecule has 0 heterocycles. The molecule has 1 rings (SSSR count). The summed E-state index contributed by atoms with van der Waals surface area (Å²) in [6, 6.07) is 4.01. The number of carbonyl (C=O) groups excluding carboxylic acids is 1. The van der Waals surface area contributed by atoms with E-state index in [2.05, 4.69) is 0 Å². The Kier molecular flexibility index (Phi) is 9.22. The van der Waals surface area contributed by atoms with Crippen molar-refractivity contribution in [1.29, 1.82) is 0 Å². The first-order valence-electron chi connectivity index (χ1n) is 5.89. The topological polar surface area (TPSA) is 46.3 Å². The summed E-state index contributed by atoms with van der Waals surface area (Å²) in [5.74, 6) is 0.229. The van der Waals surface area contributed by atoms with E-state index in [1.54, 1.807) is 24.9 Å². The van der Waals surface area contributed by atoms with Crippen molar-refractivity contribution in [1.82, 2.24) is 4.90 Å². The summed E-state index contributed by atoms with van der Waals surface area (Å²) in [5, 5.41) is 0.0781. The van der Waals surface area contributed by atoms with Crippen LogP contribution in [0, 0.1) is 5.82 Å². The maximum absolute atomic E-state index is 13.3. The van der Waals surface area contributed by atoms with Crippen molar-refractivity contribution in [3.8, 4) is 0 Å². The lowest BCUT2D eigenvalue weighted by atomic mass is 10.1. The van der Waals surface area contributed by atoms with Gasteiger partial charge in [0.1, 0.15) is 5.82 Å². The van der Waals surface area contributed by atoms with Crippen LogP contribution in [-0.2, 0) is 11.3 Å². The Morgan fingerprint density at radius 1 is 1.55 bits per heavy atom. The molecule has 0 aliphatic heterocycles. The molecule has 20 heavy (non-hydrogen) atoms. The molecule has 3 nitrogen and oxygen atoms in total. The van der Waals surface area contributed by atoms with Gasteiger partial charge in [0, 0.05) is 13.6 Å². The Balaban J connectivity index is 0.00000361. The van der Waals surface area contributed by atoms with Gasteiger partial charge in [-0.15, -0.1) is 12.4 Å². The molecule has 2 N–H and O–H groups in total. The average molecular weight is 341 g/mol. The Bertz CT molecular complexity index is 448. The van der Waals surface area contributed by atoms with Crippen molar-refractivity contribution in [3.05, 3.63) is 34.6 Å². The highest BCUT2D eigenvalue weighted by Crippen LogP contribution is 2.16. The fraction of sp³-hybridized carbons (Fsp3) is 0.462. The third kappa shape index (κ3) is 5.87. The zero-order valence-electron chi connectivity index (χ0n) is 11.4. The zero-order chi connectivity index (χ0) is 14.4. The second-order valence-corrected chi connectivity index (χ2v) is 5.72. The Hall–Kier alpha value is -0.490. The predicted octanol–water partition coefficient (Wildman–Crippen LogP) is 2.94. The van der Waals surface area contributed by atoms with Crippen molar-refractivity contribution in [3.63, 3.8) is 0 Å². The second kappa shape index (κ2) is 9.45. The third-order valence-electron chi connectivity index (χ3n) is 2.73. The van der Waals surface area contributed by atoms with Gasteiger partial charge >= 0.3 is 0 Å².